The molecule has 1 N–H and O–H groups in total. The van der Waals surface area contributed by atoms with Gasteiger partial charge in [-0.2, -0.15) is 5.10 Å². The molecule has 0 atom stereocenters. The molecule has 0 radical (unpaired) electrons. The molecule has 1 aliphatic carbocycles. The van der Waals surface area contributed by atoms with Gasteiger partial charge in [-0.05, 0) is 55.4 Å². The molecule has 0 amide bonds. The number of pyridine rings is 1. The van der Waals surface area contributed by atoms with E-state index in [1.165, 1.54) is 11.5 Å². The highest BCUT2D eigenvalue weighted by atomic mass is 32.1. The molecule has 3 aromatic heterocycles. The van der Waals surface area contributed by atoms with Crippen LogP contribution in [-0.2, 0) is 6.54 Å². The van der Waals surface area contributed by atoms with Gasteiger partial charge in [0.25, 0.3) is 5.56 Å². The number of nitrogens with zero attached hydrogens (tertiary/aromatic N) is 5. The van der Waals surface area contributed by atoms with Gasteiger partial charge in [-0.25, -0.2) is 4.68 Å². The van der Waals surface area contributed by atoms with Crippen molar-refractivity contribution >= 4 is 11.5 Å². The highest BCUT2D eigenvalue weighted by Crippen LogP contribution is 2.27. The van der Waals surface area contributed by atoms with Crippen LogP contribution in [0, 0.1) is 0 Å². The Morgan fingerprint density at radius 3 is 2.81 bits per heavy atom. The Kier molecular flexibility index (Phi) is 5.12. The van der Waals surface area contributed by atoms with Crippen LogP contribution in [0.15, 0.2) is 46.8 Å². The Balaban J connectivity index is 1.41. The fraction of sp³-hybridized carbons (Fsp3) is 0.389. The van der Waals surface area contributed by atoms with Gasteiger partial charge >= 0.3 is 0 Å². The molecule has 134 valence electrons. The number of nitrogens with one attached hydrogen (secondary N) is 1. The van der Waals surface area contributed by atoms with Crippen LogP contribution in [-0.4, -0.2) is 30.4 Å². The molecule has 0 aromatic carbocycles. The summed E-state index contributed by atoms with van der Waals surface area (Å²) in [5.74, 6) is 0. The molecule has 3 heterocycles. The fourth-order valence-corrected chi connectivity index (χ4v) is 3.84. The maximum absolute atomic E-state index is 12.3. The first-order chi connectivity index (χ1) is 12.8. The van der Waals surface area contributed by atoms with E-state index in [4.69, 9.17) is 0 Å². The second-order valence-corrected chi connectivity index (χ2v) is 7.14. The third-order valence-corrected chi connectivity index (χ3v) is 5.36. The minimum Gasteiger partial charge on any atom is -0.308 e. The Hall–Kier alpha value is -2.45. The van der Waals surface area contributed by atoms with E-state index in [9.17, 15) is 4.79 Å². The first-order valence-electron chi connectivity index (χ1n) is 8.79. The highest BCUT2D eigenvalue weighted by molar-refractivity contribution is 7.03. The van der Waals surface area contributed by atoms with Gasteiger partial charge in [0.1, 0.15) is 0 Å². The number of aromatic nitrogens is 5. The third kappa shape index (κ3) is 3.86. The van der Waals surface area contributed by atoms with E-state index in [0.29, 0.717) is 6.04 Å². The Morgan fingerprint density at radius 1 is 1.19 bits per heavy atom. The van der Waals surface area contributed by atoms with Gasteiger partial charge < -0.3 is 5.32 Å². The Morgan fingerprint density at radius 2 is 2.08 bits per heavy atom. The summed E-state index contributed by atoms with van der Waals surface area (Å²) < 4.78 is 5.54. The number of rotatable bonds is 5. The standard InChI is InChI=1S/C18H20N6OS/c25-18-8-7-17(13-2-1-9-19-10-13)22-24(18)16-5-3-14(4-6-16)20-11-15-12-26-23-21-15/h1-2,7-10,12,14,16,20H,3-6,11H2. The van der Waals surface area contributed by atoms with Crippen LogP contribution in [0.4, 0.5) is 0 Å². The van der Waals surface area contributed by atoms with Gasteiger partial charge in [-0.15, -0.1) is 5.10 Å². The molecule has 8 heteroatoms. The van der Waals surface area contributed by atoms with Crippen molar-refractivity contribution in [2.45, 2.75) is 44.3 Å². The molecule has 1 saturated carbocycles. The van der Waals surface area contributed by atoms with Crippen molar-refractivity contribution in [3.8, 4) is 11.3 Å². The van der Waals surface area contributed by atoms with Crippen molar-refractivity contribution in [3.05, 3.63) is 58.1 Å². The summed E-state index contributed by atoms with van der Waals surface area (Å²) in [5, 5.41) is 14.2. The summed E-state index contributed by atoms with van der Waals surface area (Å²) in [6.45, 7) is 0.751. The molecule has 4 rings (SSSR count). The summed E-state index contributed by atoms with van der Waals surface area (Å²) in [6.07, 6.45) is 7.43. The van der Waals surface area contributed by atoms with Gasteiger partial charge in [-0.1, -0.05) is 4.49 Å². The maximum atomic E-state index is 12.3. The Bertz CT molecular complexity index is 888. The van der Waals surface area contributed by atoms with Crippen LogP contribution in [0.2, 0.25) is 0 Å². The van der Waals surface area contributed by atoms with Gasteiger partial charge in [0.05, 0.1) is 17.4 Å². The first-order valence-corrected chi connectivity index (χ1v) is 9.63. The molecule has 0 bridgehead atoms. The molecule has 0 saturated heterocycles. The van der Waals surface area contributed by atoms with E-state index in [2.05, 4.69) is 25.0 Å². The Labute approximate surface area is 155 Å². The number of hydrogen-bond donors (Lipinski definition) is 1. The highest BCUT2D eigenvalue weighted by Gasteiger charge is 2.24. The van der Waals surface area contributed by atoms with Crippen molar-refractivity contribution in [3.63, 3.8) is 0 Å². The molecule has 0 spiro atoms. The summed E-state index contributed by atoms with van der Waals surface area (Å²) in [6, 6.07) is 7.81. The van der Waals surface area contributed by atoms with Crippen LogP contribution in [0.1, 0.15) is 37.4 Å². The van der Waals surface area contributed by atoms with E-state index in [-0.39, 0.29) is 11.6 Å². The molecule has 1 aliphatic rings. The van der Waals surface area contributed by atoms with Crippen LogP contribution in [0.25, 0.3) is 11.3 Å². The summed E-state index contributed by atoms with van der Waals surface area (Å²) >= 11 is 1.37. The maximum Gasteiger partial charge on any atom is 0.267 e. The first kappa shape index (κ1) is 17.0. The summed E-state index contributed by atoms with van der Waals surface area (Å²) in [7, 11) is 0. The minimum atomic E-state index is -0.0393. The zero-order valence-corrected chi connectivity index (χ0v) is 15.1. The summed E-state index contributed by atoms with van der Waals surface area (Å²) in [5.41, 5.74) is 2.66. The molecule has 0 unspecified atom stereocenters. The number of hydrogen-bond acceptors (Lipinski definition) is 7. The fourth-order valence-electron chi connectivity index (χ4n) is 3.39. The van der Waals surface area contributed by atoms with E-state index in [1.54, 1.807) is 29.2 Å². The topological polar surface area (TPSA) is 85.6 Å². The predicted molar refractivity (Wildman–Crippen MR) is 99.8 cm³/mol. The largest absolute Gasteiger partial charge is 0.308 e. The van der Waals surface area contributed by atoms with E-state index in [0.717, 1.165) is 49.2 Å². The second kappa shape index (κ2) is 7.84. The second-order valence-electron chi connectivity index (χ2n) is 6.53. The molecular formula is C18H20N6OS. The zero-order chi connectivity index (χ0) is 17.8. The average Bonchev–Trinajstić information content (AvgIpc) is 3.22. The van der Waals surface area contributed by atoms with Crippen molar-refractivity contribution in [1.82, 2.24) is 29.7 Å². The minimum absolute atomic E-state index is 0.0393. The van der Waals surface area contributed by atoms with Gasteiger partial charge in [0.15, 0.2) is 0 Å². The lowest BCUT2D eigenvalue weighted by atomic mass is 9.91. The lowest BCUT2D eigenvalue weighted by Crippen LogP contribution is -2.36. The van der Waals surface area contributed by atoms with Gasteiger partial charge in [-0.3, -0.25) is 9.78 Å². The quantitative estimate of drug-likeness (QED) is 0.744. The van der Waals surface area contributed by atoms with Crippen LogP contribution >= 0.6 is 11.5 Å². The zero-order valence-electron chi connectivity index (χ0n) is 14.3. The van der Waals surface area contributed by atoms with E-state index < -0.39 is 0 Å². The molecule has 7 nitrogen and oxygen atoms in total. The molecule has 1 fully saturated rings. The van der Waals surface area contributed by atoms with E-state index in [1.807, 2.05) is 17.5 Å². The van der Waals surface area contributed by atoms with Crippen molar-refractivity contribution < 1.29 is 0 Å². The SMILES string of the molecule is O=c1ccc(-c2cccnc2)nn1C1CCC(NCc2csnn2)CC1. The molecule has 3 aromatic rings. The smallest absolute Gasteiger partial charge is 0.267 e. The third-order valence-electron chi connectivity index (χ3n) is 4.80. The molecule has 0 aliphatic heterocycles. The van der Waals surface area contributed by atoms with Crippen LogP contribution < -0.4 is 10.9 Å². The lowest BCUT2D eigenvalue weighted by Gasteiger charge is -2.29. The normalized spacial score (nSPS) is 20.2. The lowest BCUT2D eigenvalue weighted by molar-refractivity contribution is 0.269. The van der Waals surface area contributed by atoms with Gasteiger partial charge in [0, 0.05) is 42.0 Å². The van der Waals surface area contributed by atoms with E-state index >= 15 is 0 Å². The van der Waals surface area contributed by atoms with Crippen molar-refractivity contribution in [1.29, 1.82) is 0 Å². The predicted octanol–water partition coefficient (Wildman–Crippen LogP) is 2.43. The van der Waals surface area contributed by atoms with Crippen molar-refractivity contribution in [2.75, 3.05) is 0 Å². The van der Waals surface area contributed by atoms with Crippen LogP contribution in [0.5, 0.6) is 0 Å². The molecule has 26 heavy (non-hydrogen) atoms. The average molecular weight is 368 g/mol. The summed E-state index contributed by atoms with van der Waals surface area (Å²) in [4.78, 5) is 16.5. The molecular weight excluding hydrogens is 348 g/mol. The van der Waals surface area contributed by atoms with Crippen LogP contribution in [0.3, 0.4) is 0 Å². The van der Waals surface area contributed by atoms with Crippen molar-refractivity contribution in [2.24, 2.45) is 0 Å². The monoisotopic (exact) mass is 368 g/mol. The van der Waals surface area contributed by atoms with Gasteiger partial charge in [0.2, 0.25) is 0 Å².